The van der Waals surface area contributed by atoms with E-state index in [0.717, 1.165) is 15.8 Å². The predicted octanol–water partition coefficient (Wildman–Crippen LogP) is 3.78. The van der Waals surface area contributed by atoms with E-state index in [1.807, 2.05) is 12.1 Å². The first-order chi connectivity index (χ1) is 7.13. The Kier molecular flexibility index (Phi) is 2.85. The molecule has 0 atom stereocenters. The number of benzene rings is 1. The van der Waals surface area contributed by atoms with Crippen LogP contribution in [0.2, 0.25) is 0 Å². The molecule has 0 saturated carbocycles. The van der Waals surface area contributed by atoms with Crippen molar-refractivity contribution in [3.8, 4) is 0 Å². The Morgan fingerprint density at radius 2 is 2.13 bits per heavy atom. The van der Waals surface area contributed by atoms with Gasteiger partial charge in [-0.05, 0) is 24.1 Å². The highest BCUT2D eigenvalue weighted by atomic mass is 79.9. The Labute approximate surface area is 97.6 Å². The van der Waals surface area contributed by atoms with E-state index >= 15 is 0 Å². The second kappa shape index (κ2) is 3.99. The number of furan rings is 1. The normalized spacial score (nSPS) is 11.5. The molecule has 0 aliphatic heterocycles. The minimum Gasteiger partial charge on any atom is -0.459 e. The molecule has 0 spiro atoms. The second-order valence-electron chi connectivity index (χ2n) is 3.94. The molecule has 2 nitrogen and oxygen atoms in total. The molecule has 2 N–H and O–H groups in total. The molecule has 0 unspecified atom stereocenters. The smallest absolute Gasteiger partial charge is 0.134 e. The fourth-order valence-electron chi connectivity index (χ4n) is 1.92. The topological polar surface area (TPSA) is 39.2 Å². The van der Waals surface area contributed by atoms with Crippen molar-refractivity contribution in [3.63, 3.8) is 0 Å². The molecular formula is C12H14BrNO. The van der Waals surface area contributed by atoms with Crippen molar-refractivity contribution in [3.05, 3.63) is 34.0 Å². The first kappa shape index (κ1) is 10.7. The lowest BCUT2D eigenvalue weighted by Gasteiger charge is -2.04. The summed E-state index contributed by atoms with van der Waals surface area (Å²) in [5, 5.41) is 1.17. The Morgan fingerprint density at radius 1 is 1.40 bits per heavy atom. The molecule has 1 aromatic carbocycles. The molecule has 2 aromatic rings. The van der Waals surface area contributed by atoms with Gasteiger partial charge in [-0.1, -0.05) is 29.8 Å². The molecule has 0 aliphatic carbocycles. The van der Waals surface area contributed by atoms with E-state index in [1.165, 1.54) is 10.9 Å². The van der Waals surface area contributed by atoms with E-state index in [1.54, 1.807) is 0 Å². The first-order valence-electron chi connectivity index (χ1n) is 5.04. The van der Waals surface area contributed by atoms with Gasteiger partial charge in [-0.25, -0.2) is 0 Å². The summed E-state index contributed by atoms with van der Waals surface area (Å²) in [5.41, 5.74) is 7.83. The van der Waals surface area contributed by atoms with Gasteiger partial charge in [0.1, 0.15) is 11.3 Å². The van der Waals surface area contributed by atoms with Gasteiger partial charge in [0.15, 0.2) is 0 Å². The van der Waals surface area contributed by atoms with Crippen LogP contribution in [0.3, 0.4) is 0 Å². The summed E-state index contributed by atoms with van der Waals surface area (Å²) in [6.45, 7) is 4.77. The van der Waals surface area contributed by atoms with Crippen LogP contribution in [-0.2, 0) is 6.54 Å². The summed E-state index contributed by atoms with van der Waals surface area (Å²) >= 11 is 3.47. The maximum atomic E-state index is 5.72. The minimum absolute atomic E-state index is 0.430. The third kappa shape index (κ3) is 1.82. The molecule has 0 fully saturated rings. The summed E-state index contributed by atoms with van der Waals surface area (Å²) < 4.78 is 6.79. The molecule has 0 amide bonds. The number of halogens is 1. The van der Waals surface area contributed by atoms with E-state index < -0.39 is 0 Å². The van der Waals surface area contributed by atoms with E-state index in [2.05, 4.69) is 35.8 Å². The predicted molar refractivity (Wildman–Crippen MR) is 65.9 cm³/mol. The number of hydrogen-bond acceptors (Lipinski definition) is 2. The maximum absolute atomic E-state index is 5.72. The van der Waals surface area contributed by atoms with E-state index in [-0.39, 0.29) is 0 Å². The largest absolute Gasteiger partial charge is 0.459 e. The highest BCUT2D eigenvalue weighted by molar-refractivity contribution is 9.10. The monoisotopic (exact) mass is 267 g/mol. The molecule has 15 heavy (non-hydrogen) atoms. The summed E-state index contributed by atoms with van der Waals surface area (Å²) in [7, 11) is 0. The molecule has 3 heteroatoms. The summed E-state index contributed by atoms with van der Waals surface area (Å²) in [4.78, 5) is 0. The molecule has 80 valence electrons. The van der Waals surface area contributed by atoms with Crippen molar-refractivity contribution in [2.24, 2.45) is 5.73 Å². The highest BCUT2D eigenvalue weighted by Crippen LogP contribution is 2.33. The Balaban J connectivity index is 2.76. The van der Waals surface area contributed by atoms with Gasteiger partial charge in [-0.15, -0.1) is 0 Å². The van der Waals surface area contributed by atoms with Gasteiger partial charge in [0, 0.05) is 15.4 Å². The summed E-state index contributed by atoms with van der Waals surface area (Å²) in [5.74, 6) is 1.33. The quantitative estimate of drug-likeness (QED) is 0.900. The SMILES string of the molecule is CC(C)c1c(CN)oc2ccc(Br)cc12. The average molecular weight is 268 g/mol. The van der Waals surface area contributed by atoms with Crippen LogP contribution in [0.1, 0.15) is 31.1 Å². The number of nitrogens with two attached hydrogens (primary N) is 1. The van der Waals surface area contributed by atoms with E-state index in [9.17, 15) is 0 Å². The lowest BCUT2D eigenvalue weighted by Crippen LogP contribution is -1.99. The lowest BCUT2D eigenvalue weighted by atomic mass is 9.99. The van der Waals surface area contributed by atoms with Gasteiger partial charge in [-0.2, -0.15) is 0 Å². The zero-order valence-corrected chi connectivity index (χ0v) is 10.5. The van der Waals surface area contributed by atoms with Gasteiger partial charge >= 0.3 is 0 Å². The molecular weight excluding hydrogens is 254 g/mol. The van der Waals surface area contributed by atoms with Gasteiger partial charge in [0.05, 0.1) is 6.54 Å². The van der Waals surface area contributed by atoms with Crippen LogP contribution in [0.25, 0.3) is 11.0 Å². The van der Waals surface area contributed by atoms with Gasteiger partial charge in [0.25, 0.3) is 0 Å². The maximum Gasteiger partial charge on any atom is 0.134 e. The third-order valence-corrected chi connectivity index (χ3v) is 3.02. The number of fused-ring (bicyclic) bond motifs is 1. The van der Waals surface area contributed by atoms with Crippen LogP contribution >= 0.6 is 15.9 Å². The third-order valence-electron chi connectivity index (χ3n) is 2.53. The highest BCUT2D eigenvalue weighted by Gasteiger charge is 2.15. The molecule has 0 radical (unpaired) electrons. The van der Waals surface area contributed by atoms with Crippen molar-refractivity contribution in [1.82, 2.24) is 0 Å². The zero-order valence-electron chi connectivity index (χ0n) is 8.88. The molecule has 0 bridgehead atoms. The Bertz CT molecular complexity index is 488. The fraction of sp³-hybridized carbons (Fsp3) is 0.333. The second-order valence-corrected chi connectivity index (χ2v) is 4.85. The van der Waals surface area contributed by atoms with Gasteiger partial charge < -0.3 is 10.2 Å². The summed E-state index contributed by atoms with van der Waals surface area (Å²) in [6.07, 6.45) is 0. The first-order valence-corrected chi connectivity index (χ1v) is 5.83. The van der Waals surface area contributed by atoms with Crippen molar-refractivity contribution in [2.75, 3.05) is 0 Å². The zero-order chi connectivity index (χ0) is 11.0. The Morgan fingerprint density at radius 3 is 2.73 bits per heavy atom. The van der Waals surface area contributed by atoms with Gasteiger partial charge in [-0.3, -0.25) is 0 Å². The lowest BCUT2D eigenvalue weighted by molar-refractivity contribution is 0.541. The van der Waals surface area contributed by atoms with Crippen LogP contribution in [0.15, 0.2) is 27.1 Å². The van der Waals surface area contributed by atoms with Crippen LogP contribution < -0.4 is 5.73 Å². The minimum atomic E-state index is 0.430. The summed E-state index contributed by atoms with van der Waals surface area (Å²) in [6, 6.07) is 6.05. The van der Waals surface area contributed by atoms with Crippen molar-refractivity contribution >= 4 is 26.9 Å². The fourth-order valence-corrected chi connectivity index (χ4v) is 2.29. The van der Waals surface area contributed by atoms with Crippen LogP contribution in [0, 0.1) is 0 Å². The van der Waals surface area contributed by atoms with Crippen molar-refractivity contribution < 1.29 is 4.42 Å². The van der Waals surface area contributed by atoms with Gasteiger partial charge in [0.2, 0.25) is 0 Å². The molecule has 1 aromatic heterocycles. The molecule has 0 aliphatic rings. The van der Waals surface area contributed by atoms with Crippen LogP contribution in [0.5, 0.6) is 0 Å². The van der Waals surface area contributed by atoms with E-state index in [0.29, 0.717) is 12.5 Å². The standard InChI is InChI=1S/C12H14BrNO/c1-7(2)12-9-5-8(13)3-4-10(9)15-11(12)6-14/h3-5,7H,6,14H2,1-2H3. The molecule has 2 rings (SSSR count). The number of hydrogen-bond donors (Lipinski definition) is 1. The van der Waals surface area contributed by atoms with Crippen LogP contribution in [0.4, 0.5) is 0 Å². The molecule has 0 saturated heterocycles. The van der Waals surface area contributed by atoms with Crippen molar-refractivity contribution in [2.45, 2.75) is 26.3 Å². The Hall–Kier alpha value is -0.800. The van der Waals surface area contributed by atoms with Crippen LogP contribution in [-0.4, -0.2) is 0 Å². The van der Waals surface area contributed by atoms with Crippen molar-refractivity contribution in [1.29, 1.82) is 0 Å². The average Bonchev–Trinajstić information content (AvgIpc) is 2.55. The number of rotatable bonds is 2. The molecule has 1 heterocycles. The van der Waals surface area contributed by atoms with E-state index in [4.69, 9.17) is 10.2 Å².